The minimum absolute atomic E-state index is 0.0238. The van der Waals surface area contributed by atoms with Gasteiger partial charge in [-0.2, -0.15) is 0 Å². The van der Waals surface area contributed by atoms with Gasteiger partial charge in [-0.3, -0.25) is 0 Å². The molecule has 0 saturated heterocycles. The van der Waals surface area contributed by atoms with E-state index >= 15 is 0 Å². The monoisotopic (exact) mass is 318 g/mol. The Hall–Kier alpha value is -2.62. The number of nitrogens with one attached hydrogen (secondary N) is 2. The zero-order valence-corrected chi connectivity index (χ0v) is 14.5. The van der Waals surface area contributed by atoms with Crippen molar-refractivity contribution in [2.45, 2.75) is 20.3 Å². The highest BCUT2D eigenvalue weighted by Gasteiger charge is 2.29. The van der Waals surface area contributed by atoms with E-state index in [1.807, 2.05) is 19.1 Å². The average molecular weight is 318 g/mol. The smallest absolute Gasteiger partial charge is 0.409 e. The summed E-state index contributed by atoms with van der Waals surface area (Å²) in [5.41, 5.74) is 7.05. The van der Waals surface area contributed by atoms with Crippen molar-refractivity contribution >= 4 is 18.0 Å². The number of hydrogen-bond acceptors (Lipinski definition) is 3. The summed E-state index contributed by atoms with van der Waals surface area (Å²) in [5, 5.41) is 7.17. The molecule has 0 spiro atoms. The number of allylic oxidation sites excluding steroid dienone is 8. The Morgan fingerprint density at radius 2 is 2.17 bits per heavy atom. The highest BCUT2D eigenvalue weighted by Crippen LogP contribution is 2.24. The summed E-state index contributed by atoms with van der Waals surface area (Å²) >= 11 is 0. The van der Waals surface area contributed by atoms with E-state index in [1.54, 1.807) is 7.11 Å². The standard InChI is InChI=1S/C20H23BN2O/c1-5-15(6-2)16-11-12-20(24-4)18(13-16)21-22-14(3)17-9-7-8-10-19(17)23-21/h5-8,10-13,22-23H,1,9H2,2-4H3/b15-6+. The van der Waals surface area contributed by atoms with E-state index in [-0.39, 0.29) is 6.98 Å². The Labute approximate surface area is 144 Å². The molecule has 3 nitrogen and oxygen atoms in total. The zero-order chi connectivity index (χ0) is 17.1. The number of fused-ring (bicyclic) bond motifs is 1. The summed E-state index contributed by atoms with van der Waals surface area (Å²) in [7, 11) is 1.71. The van der Waals surface area contributed by atoms with Crippen LogP contribution in [0.15, 0.2) is 72.1 Å². The molecule has 0 aromatic heterocycles. The molecule has 1 aliphatic heterocycles. The van der Waals surface area contributed by atoms with Crippen LogP contribution in [0.5, 0.6) is 5.75 Å². The normalized spacial score (nSPS) is 16.9. The minimum atomic E-state index is -0.0238. The molecule has 2 N–H and O–H groups in total. The molecule has 0 atom stereocenters. The van der Waals surface area contributed by atoms with Crippen LogP contribution in [0.3, 0.4) is 0 Å². The summed E-state index contributed by atoms with van der Waals surface area (Å²) in [6.45, 7) is 8.04. The van der Waals surface area contributed by atoms with Crippen molar-refractivity contribution in [2.24, 2.45) is 0 Å². The third-order valence-electron chi connectivity index (χ3n) is 4.56. The second-order valence-electron chi connectivity index (χ2n) is 5.94. The Balaban J connectivity index is 2.02. The summed E-state index contributed by atoms with van der Waals surface area (Å²) in [6.07, 6.45) is 11.3. The van der Waals surface area contributed by atoms with Gasteiger partial charge in [-0.05, 0) is 49.1 Å². The van der Waals surface area contributed by atoms with Crippen molar-refractivity contribution in [3.8, 4) is 5.75 Å². The lowest BCUT2D eigenvalue weighted by molar-refractivity contribution is 0.418. The van der Waals surface area contributed by atoms with Crippen molar-refractivity contribution in [1.29, 1.82) is 0 Å². The summed E-state index contributed by atoms with van der Waals surface area (Å²) in [5.74, 6) is 0.867. The van der Waals surface area contributed by atoms with Gasteiger partial charge in [0.15, 0.2) is 0 Å². The number of rotatable bonds is 4. The van der Waals surface area contributed by atoms with Crippen molar-refractivity contribution in [3.05, 3.63) is 77.7 Å². The maximum Gasteiger partial charge on any atom is 0.409 e. The first-order chi connectivity index (χ1) is 11.7. The van der Waals surface area contributed by atoms with Gasteiger partial charge in [0.2, 0.25) is 0 Å². The third kappa shape index (κ3) is 2.92. The molecule has 0 unspecified atom stereocenters. The molecule has 4 heteroatoms. The van der Waals surface area contributed by atoms with Gasteiger partial charge >= 0.3 is 6.98 Å². The average Bonchev–Trinajstić information content (AvgIpc) is 2.62. The fourth-order valence-corrected chi connectivity index (χ4v) is 3.24. The Morgan fingerprint density at radius 1 is 1.33 bits per heavy atom. The van der Waals surface area contributed by atoms with Crippen LogP contribution in [-0.4, -0.2) is 14.1 Å². The van der Waals surface area contributed by atoms with Crippen LogP contribution in [0.4, 0.5) is 0 Å². The van der Waals surface area contributed by atoms with Gasteiger partial charge in [0.1, 0.15) is 5.75 Å². The quantitative estimate of drug-likeness (QED) is 0.660. The number of benzene rings is 1. The molecule has 24 heavy (non-hydrogen) atoms. The Bertz CT molecular complexity index is 787. The van der Waals surface area contributed by atoms with E-state index in [4.69, 9.17) is 4.74 Å². The van der Waals surface area contributed by atoms with E-state index < -0.39 is 0 Å². The van der Waals surface area contributed by atoms with Gasteiger partial charge < -0.3 is 15.2 Å². The van der Waals surface area contributed by atoms with Crippen LogP contribution in [-0.2, 0) is 0 Å². The summed E-state index contributed by atoms with van der Waals surface area (Å²) in [4.78, 5) is 0. The largest absolute Gasteiger partial charge is 0.497 e. The first-order valence-corrected chi connectivity index (χ1v) is 8.25. The van der Waals surface area contributed by atoms with E-state index in [9.17, 15) is 0 Å². The second kappa shape index (κ2) is 6.87. The lowest BCUT2D eigenvalue weighted by Crippen LogP contribution is -2.58. The predicted molar refractivity (Wildman–Crippen MR) is 103 cm³/mol. The predicted octanol–water partition coefficient (Wildman–Crippen LogP) is 3.29. The van der Waals surface area contributed by atoms with Crippen LogP contribution in [0, 0.1) is 0 Å². The fraction of sp³-hybridized carbons (Fsp3) is 0.200. The van der Waals surface area contributed by atoms with Crippen molar-refractivity contribution in [1.82, 2.24) is 10.5 Å². The Kier molecular flexibility index (Phi) is 4.65. The molecule has 1 aromatic rings. The first kappa shape index (κ1) is 16.3. The second-order valence-corrected chi connectivity index (χ2v) is 5.94. The minimum Gasteiger partial charge on any atom is -0.497 e. The Morgan fingerprint density at radius 3 is 2.88 bits per heavy atom. The molecular formula is C20H23BN2O. The summed E-state index contributed by atoms with van der Waals surface area (Å²) in [6, 6.07) is 6.25. The number of ether oxygens (including phenoxy) is 1. The topological polar surface area (TPSA) is 33.3 Å². The number of hydrogen-bond donors (Lipinski definition) is 2. The molecule has 122 valence electrons. The van der Waals surface area contributed by atoms with Crippen molar-refractivity contribution < 1.29 is 4.74 Å². The summed E-state index contributed by atoms with van der Waals surface area (Å²) < 4.78 is 5.60. The molecule has 0 amide bonds. The van der Waals surface area contributed by atoms with E-state index in [1.165, 1.54) is 17.0 Å². The van der Waals surface area contributed by atoms with Gasteiger partial charge in [0.25, 0.3) is 0 Å². The molecule has 0 fully saturated rings. The van der Waals surface area contributed by atoms with Gasteiger partial charge in [0, 0.05) is 16.9 Å². The third-order valence-corrected chi connectivity index (χ3v) is 4.56. The molecular weight excluding hydrogens is 295 g/mol. The van der Waals surface area contributed by atoms with Crippen LogP contribution in [0.25, 0.3) is 5.57 Å². The van der Waals surface area contributed by atoms with Gasteiger partial charge in [-0.25, -0.2) is 0 Å². The number of methoxy groups -OCH3 is 1. The molecule has 1 aliphatic carbocycles. The zero-order valence-electron chi connectivity index (χ0n) is 14.5. The molecule has 1 aromatic carbocycles. The molecule has 0 bridgehead atoms. The molecule has 0 saturated carbocycles. The van der Waals surface area contributed by atoms with Crippen LogP contribution in [0.2, 0.25) is 0 Å². The highest BCUT2D eigenvalue weighted by molar-refractivity contribution is 6.70. The van der Waals surface area contributed by atoms with Crippen LogP contribution < -0.4 is 20.7 Å². The first-order valence-electron chi connectivity index (χ1n) is 8.25. The molecule has 3 rings (SSSR count). The van der Waals surface area contributed by atoms with Gasteiger partial charge in [0.05, 0.1) is 7.11 Å². The van der Waals surface area contributed by atoms with Gasteiger partial charge in [-0.15, -0.1) is 0 Å². The van der Waals surface area contributed by atoms with Crippen LogP contribution in [0.1, 0.15) is 25.8 Å². The van der Waals surface area contributed by atoms with E-state index in [0.717, 1.165) is 28.8 Å². The lowest BCUT2D eigenvalue weighted by atomic mass is 9.64. The lowest BCUT2D eigenvalue weighted by Gasteiger charge is -2.31. The molecule has 0 radical (unpaired) electrons. The maximum atomic E-state index is 5.60. The molecule has 2 aliphatic rings. The highest BCUT2D eigenvalue weighted by atomic mass is 16.5. The van der Waals surface area contributed by atoms with Crippen molar-refractivity contribution in [2.75, 3.05) is 7.11 Å². The maximum absolute atomic E-state index is 5.60. The van der Waals surface area contributed by atoms with Crippen molar-refractivity contribution in [3.63, 3.8) is 0 Å². The fourth-order valence-electron chi connectivity index (χ4n) is 3.24. The molecule has 1 heterocycles. The van der Waals surface area contributed by atoms with E-state index in [0.29, 0.717) is 0 Å². The van der Waals surface area contributed by atoms with Gasteiger partial charge in [-0.1, -0.05) is 43.0 Å². The van der Waals surface area contributed by atoms with Crippen LogP contribution >= 0.6 is 0 Å². The van der Waals surface area contributed by atoms with E-state index in [2.05, 4.69) is 60.4 Å². The SMILES string of the molecule is C=C/C(=C\C)c1ccc(OC)c(B2NC3=CC=CCC3=C(C)N2)c1.